The fraction of sp³-hybridized carbons (Fsp3) is 0.125. The van der Waals surface area contributed by atoms with E-state index in [4.69, 9.17) is 9.68 Å². The molecule has 1 aromatic carbocycles. The number of halogens is 1. The van der Waals surface area contributed by atoms with E-state index in [1.807, 2.05) is 20.2 Å². The highest BCUT2D eigenvalue weighted by Crippen LogP contribution is 2.19. The Morgan fingerprint density at radius 2 is 1.95 bits per heavy atom. The van der Waals surface area contributed by atoms with Crippen LogP contribution in [-0.2, 0) is 4.79 Å². The Balaban J connectivity index is 2.16. The summed E-state index contributed by atoms with van der Waals surface area (Å²) in [6.45, 7) is 0. The van der Waals surface area contributed by atoms with Crippen LogP contribution in [0.15, 0.2) is 50.9 Å². The minimum absolute atomic E-state index is 0.0254. The number of carbonyl (C=O) groups is 1. The van der Waals surface area contributed by atoms with Crippen molar-refractivity contribution in [2.24, 2.45) is 0 Å². The topological polar surface area (TPSA) is 69.3 Å². The SMILES string of the molecule is CN(C)c1ccc(C=C(C#N)C(=O)Nc2ccc(Br)cc2)o1. The quantitative estimate of drug-likeness (QED) is 0.668. The van der Waals surface area contributed by atoms with Gasteiger partial charge in [0.2, 0.25) is 0 Å². The second-order valence-corrected chi connectivity index (χ2v) is 5.62. The van der Waals surface area contributed by atoms with E-state index in [1.165, 1.54) is 6.08 Å². The molecule has 0 radical (unpaired) electrons. The van der Waals surface area contributed by atoms with Crippen LogP contribution in [0.25, 0.3) is 6.08 Å². The normalized spacial score (nSPS) is 10.9. The predicted octanol–water partition coefficient (Wildman–Crippen LogP) is 3.65. The van der Waals surface area contributed by atoms with Gasteiger partial charge in [0.15, 0.2) is 5.88 Å². The number of nitrogens with zero attached hydrogens (tertiary/aromatic N) is 2. The zero-order valence-electron chi connectivity index (χ0n) is 12.1. The Labute approximate surface area is 137 Å². The minimum Gasteiger partial charge on any atom is -0.441 e. The first-order valence-electron chi connectivity index (χ1n) is 6.45. The first-order chi connectivity index (χ1) is 10.5. The van der Waals surface area contributed by atoms with Gasteiger partial charge in [-0.2, -0.15) is 5.26 Å². The van der Waals surface area contributed by atoms with Crippen molar-refractivity contribution < 1.29 is 9.21 Å². The Morgan fingerprint density at radius 1 is 1.27 bits per heavy atom. The molecule has 1 aromatic heterocycles. The van der Waals surface area contributed by atoms with Crippen LogP contribution in [0.1, 0.15) is 5.76 Å². The van der Waals surface area contributed by atoms with E-state index in [1.54, 1.807) is 41.3 Å². The molecule has 0 bridgehead atoms. The van der Waals surface area contributed by atoms with Gasteiger partial charge >= 0.3 is 0 Å². The first kappa shape index (κ1) is 15.9. The maximum atomic E-state index is 12.1. The molecule has 6 heteroatoms. The van der Waals surface area contributed by atoms with E-state index in [-0.39, 0.29) is 5.57 Å². The van der Waals surface area contributed by atoms with Crippen LogP contribution < -0.4 is 10.2 Å². The third-order valence-corrected chi connectivity index (χ3v) is 3.34. The first-order valence-corrected chi connectivity index (χ1v) is 7.25. The summed E-state index contributed by atoms with van der Waals surface area (Å²) < 4.78 is 6.42. The highest BCUT2D eigenvalue weighted by Gasteiger charge is 2.11. The van der Waals surface area contributed by atoms with Gasteiger partial charge in [-0.15, -0.1) is 0 Å². The zero-order chi connectivity index (χ0) is 16.1. The van der Waals surface area contributed by atoms with Gasteiger partial charge in [-0.25, -0.2) is 0 Å². The summed E-state index contributed by atoms with van der Waals surface area (Å²) in [6.07, 6.45) is 1.42. The molecule has 0 aliphatic heterocycles. The molecule has 0 spiro atoms. The van der Waals surface area contributed by atoms with Gasteiger partial charge in [-0.1, -0.05) is 15.9 Å². The Kier molecular flexibility index (Phi) is 5.02. The lowest BCUT2D eigenvalue weighted by Gasteiger charge is -2.06. The van der Waals surface area contributed by atoms with Crippen molar-refractivity contribution in [1.82, 2.24) is 0 Å². The molecule has 2 rings (SSSR count). The molecule has 0 fully saturated rings. The monoisotopic (exact) mass is 359 g/mol. The van der Waals surface area contributed by atoms with Gasteiger partial charge in [-0.05, 0) is 30.3 Å². The van der Waals surface area contributed by atoms with Crippen molar-refractivity contribution in [1.29, 1.82) is 5.26 Å². The van der Waals surface area contributed by atoms with Crippen LogP contribution in [0, 0.1) is 11.3 Å². The number of furan rings is 1. The number of rotatable bonds is 4. The molecule has 22 heavy (non-hydrogen) atoms. The smallest absolute Gasteiger partial charge is 0.266 e. The lowest BCUT2D eigenvalue weighted by molar-refractivity contribution is -0.112. The average Bonchev–Trinajstić information content (AvgIpc) is 2.96. The Morgan fingerprint density at radius 3 is 2.50 bits per heavy atom. The van der Waals surface area contributed by atoms with Crippen molar-refractivity contribution in [3.05, 3.63) is 52.2 Å². The number of amides is 1. The molecule has 0 atom stereocenters. The number of hydrogen-bond donors (Lipinski definition) is 1. The van der Waals surface area contributed by atoms with Crippen LogP contribution in [-0.4, -0.2) is 20.0 Å². The molecule has 0 aliphatic carbocycles. The second kappa shape index (κ2) is 6.96. The standard InChI is InChI=1S/C16H14BrN3O2/c1-20(2)15-8-7-14(22-15)9-11(10-18)16(21)19-13-5-3-12(17)4-6-13/h3-9H,1-2H3,(H,19,21). The maximum Gasteiger partial charge on any atom is 0.266 e. The summed E-state index contributed by atoms with van der Waals surface area (Å²) in [5.41, 5.74) is 0.588. The molecule has 2 aromatic rings. The third-order valence-electron chi connectivity index (χ3n) is 2.81. The number of nitrogens with one attached hydrogen (secondary N) is 1. The molecule has 1 N–H and O–H groups in total. The Hall–Kier alpha value is -2.52. The van der Waals surface area contributed by atoms with Crippen LogP contribution in [0.4, 0.5) is 11.6 Å². The van der Waals surface area contributed by atoms with E-state index in [0.29, 0.717) is 17.3 Å². The van der Waals surface area contributed by atoms with Crippen LogP contribution in [0.3, 0.4) is 0 Å². The van der Waals surface area contributed by atoms with Gasteiger partial charge in [0.05, 0.1) is 0 Å². The lowest BCUT2D eigenvalue weighted by atomic mass is 10.2. The summed E-state index contributed by atoms with van der Waals surface area (Å²) in [4.78, 5) is 13.9. The Bertz CT molecular complexity index is 739. The maximum absolute atomic E-state index is 12.1. The molecule has 1 heterocycles. The van der Waals surface area contributed by atoms with E-state index in [0.717, 1.165) is 4.47 Å². The van der Waals surface area contributed by atoms with Crippen molar-refractivity contribution in [3.8, 4) is 6.07 Å². The van der Waals surface area contributed by atoms with Crippen molar-refractivity contribution >= 4 is 39.5 Å². The summed E-state index contributed by atoms with van der Waals surface area (Å²) in [6, 6.07) is 12.5. The molecule has 0 saturated carbocycles. The van der Waals surface area contributed by atoms with E-state index in [2.05, 4.69) is 21.2 Å². The molecule has 112 valence electrons. The summed E-state index contributed by atoms with van der Waals surface area (Å²) >= 11 is 3.32. The molecular formula is C16H14BrN3O2. The highest BCUT2D eigenvalue weighted by atomic mass is 79.9. The average molecular weight is 360 g/mol. The van der Waals surface area contributed by atoms with Gasteiger partial charge in [-0.3, -0.25) is 4.79 Å². The van der Waals surface area contributed by atoms with Crippen LogP contribution in [0.2, 0.25) is 0 Å². The fourth-order valence-electron chi connectivity index (χ4n) is 1.68. The van der Waals surface area contributed by atoms with Crippen molar-refractivity contribution in [2.75, 3.05) is 24.3 Å². The minimum atomic E-state index is -0.479. The van der Waals surface area contributed by atoms with Crippen LogP contribution >= 0.6 is 15.9 Å². The number of nitriles is 1. The fourth-order valence-corrected chi connectivity index (χ4v) is 1.95. The molecule has 0 aliphatic rings. The van der Waals surface area contributed by atoms with E-state index >= 15 is 0 Å². The third kappa shape index (κ3) is 3.99. The molecule has 0 saturated heterocycles. The molecule has 5 nitrogen and oxygen atoms in total. The molecule has 0 unspecified atom stereocenters. The molecular weight excluding hydrogens is 346 g/mol. The summed E-state index contributed by atoms with van der Waals surface area (Å²) in [5.74, 6) is 0.621. The predicted molar refractivity (Wildman–Crippen MR) is 89.4 cm³/mol. The summed E-state index contributed by atoms with van der Waals surface area (Å²) in [7, 11) is 3.69. The van der Waals surface area contributed by atoms with E-state index in [9.17, 15) is 4.79 Å². The zero-order valence-corrected chi connectivity index (χ0v) is 13.7. The lowest BCUT2D eigenvalue weighted by Crippen LogP contribution is -2.13. The number of hydrogen-bond acceptors (Lipinski definition) is 4. The summed E-state index contributed by atoms with van der Waals surface area (Å²) in [5, 5.41) is 11.8. The van der Waals surface area contributed by atoms with Crippen molar-refractivity contribution in [3.63, 3.8) is 0 Å². The molecule has 1 amide bonds. The van der Waals surface area contributed by atoms with Gasteiger partial charge in [0, 0.05) is 36.4 Å². The largest absolute Gasteiger partial charge is 0.441 e. The number of benzene rings is 1. The second-order valence-electron chi connectivity index (χ2n) is 4.70. The highest BCUT2D eigenvalue weighted by molar-refractivity contribution is 9.10. The van der Waals surface area contributed by atoms with Gasteiger partial charge in [0.25, 0.3) is 5.91 Å². The van der Waals surface area contributed by atoms with Gasteiger partial charge < -0.3 is 14.6 Å². The van der Waals surface area contributed by atoms with Gasteiger partial charge in [0.1, 0.15) is 17.4 Å². The number of anilines is 2. The van der Waals surface area contributed by atoms with Crippen molar-refractivity contribution in [2.45, 2.75) is 0 Å². The number of carbonyl (C=O) groups excluding carboxylic acids is 1. The van der Waals surface area contributed by atoms with E-state index < -0.39 is 5.91 Å². The van der Waals surface area contributed by atoms with Crippen LogP contribution in [0.5, 0.6) is 0 Å².